The Bertz CT molecular complexity index is 692. The average molecular weight is 327 g/mol. The zero-order chi connectivity index (χ0) is 17.6. The number of amides is 1. The Balaban J connectivity index is 1.88. The average Bonchev–Trinajstić information content (AvgIpc) is 2.53. The minimum atomic E-state index is -0.526. The lowest BCUT2D eigenvalue weighted by Crippen LogP contribution is -2.32. The highest BCUT2D eigenvalue weighted by Gasteiger charge is 2.15. The molecule has 1 amide bonds. The number of hydrogen-bond donors (Lipinski definition) is 1. The number of Topliss-reactive ketones (excluding diaryl/α,β-unsaturated/α-hetero) is 1. The summed E-state index contributed by atoms with van der Waals surface area (Å²) in [6.07, 6.45) is 2.80. The number of aromatic nitrogens is 2. The standard InChI is InChI=1S/C18H21N3O3/c1-18(2,3)24-17(23)20-11-13-4-6-14(7-5-13)16(22)10-15-8-9-19-12-21-15/h4-9,12H,10-11H2,1-3H3,(H,20,23). The van der Waals surface area contributed by atoms with Crippen molar-refractivity contribution in [3.05, 3.63) is 59.7 Å². The van der Waals surface area contributed by atoms with Gasteiger partial charge in [0.25, 0.3) is 0 Å². The van der Waals surface area contributed by atoms with Crippen LogP contribution in [0.25, 0.3) is 0 Å². The van der Waals surface area contributed by atoms with Gasteiger partial charge in [-0.15, -0.1) is 0 Å². The van der Waals surface area contributed by atoms with Crippen LogP contribution in [0.1, 0.15) is 42.4 Å². The van der Waals surface area contributed by atoms with E-state index in [1.165, 1.54) is 6.33 Å². The van der Waals surface area contributed by atoms with Crippen molar-refractivity contribution in [3.8, 4) is 0 Å². The molecule has 0 unspecified atom stereocenters. The molecule has 0 fully saturated rings. The van der Waals surface area contributed by atoms with Crippen LogP contribution in [0.4, 0.5) is 4.79 Å². The van der Waals surface area contributed by atoms with Gasteiger partial charge in [-0.3, -0.25) is 4.79 Å². The van der Waals surface area contributed by atoms with Crippen molar-refractivity contribution in [1.29, 1.82) is 0 Å². The minimum Gasteiger partial charge on any atom is -0.444 e. The van der Waals surface area contributed by atoms with Gasteiger partial charge in [0.15, 0.2) is 5.78 Å². The molecule has 6 nitrogen and oxygen atoms in total. The number of benzene rings is 1. The zero-order valence-electron chi connectivity index (χ0n) is 14.1. The van der Waals surface area contributed by atoms with Gasteiger partial charge in [0, 0.05) is 18.3 Å². The first kappa shape index (κ1) is 17.6. The van der Waals surface area contributed by atoms with Crippen molar-refractivity contribution in [3.63, 3.8) is 0 Å². The van der Waals surface area contributed by atoms with Crippen molar-refractivity contribution in [2.45, 2.75) is 39.3 Å². The maximum atomic E-state index is 12.2. The Kier molecular flexibility index (Phi) is 5.63. The number of hydrogen-bond acceptors (Lipinski definition) is 5. The molecule has 0 atom stereocenters. The number of carbonyl (C=O) groups excluding carboxylic acids is 2. The molecule has 24 heavy (non-hydrogen) atoms. The van der Waals surface area contributed by atoms with E-state index in [1.807, 2.05) is 32.9 Å². The first-order valence-electron chi connectivity index (χ1n) is 7.67. The van der Waals surface area contributed by atoms with E-state index in [9.17, 15) is 9.59 Å². The molecular formula is C18H21N3O3. The highest BCUT2D eigenvalue weighted by molar-refractivity contribution is 5.97. The Morgan fingerprint density at radius 3 is 2.42 bits per heavy atom. The topological polar surface area (TPSA) is 81.2 Å². The van der Waals surface area contributed by atoms with E-state index in [1.54, 1.807) is 24.4 Å². The van der Waals surface area contributed by atoms with Gasteiger partial charge in [0.2, 0.25) is 0 Å². The van der Waals surface area contributed by atoms with Gasteiger partial charge in [0.1, 0.15) is 11.9 Å². The maximum Gasteiger partial charge on any atom is 0.407 e. The fraction of sp³-hybridized carbons (Fsp3) is 0.333. The summed E-state index contributed by atoms with van der Waals surface area (Å²) in [5, 5.41) is 2.68. The van der Waals surface area contributed by atoms with E-state index >= 15 is 0 Å². The molecule has 0 aliphatic heterocycles. The Morgan fingerprint density at radius 1 is 1.12 bits per heavy atom. The number of rotatable bonds is 5. The largest absolute Gasteiger partial charge is 0.444 e. The van der Waals surface area contributed by atoms with Crippen molar-refractivity contribution in [2.75, 3.05) is 0 Å². The lowest BCUT2D eigenvalue weighted by molar-refractivity contribution is 0.0523. The molecule has 2 rings (SSSR count). The third-order valence-corrected chi connectivity index (χ3v) is 3.10. The predicted molar refractivity (Wildman–Crippen MR) is 89.6 cm³/mol. The number of nitrogens with zero attached hydrogens (tertiary/aromatic N) is 2. The molecular weight excluding hydrogens is 306 g/mol. The molecule has 0 bridgehead atoms. The van der Waals surface area contributed by atoms with Crippen LogP contribution in [0.15, 0.2) is 42.9 Å². The first-order chi connectivity index (χ1) is 11.3. The van der Waals surface area contributed by atoms with Gasteiger partial charge in [-0.1, -0.05) is 24.3 Å². The van der Waals surface area contributed by atoms with Gasteiger partial charge in [-0.2, -0.15) is 0 Å². The van der Waals surface area contributed by atoms with Crippen molar-refractivity contribution >= 4 is 11.9 Å². The molecule has 1 aromatic heterocycles. The molecule has 1 N–H and O–H groups in total. The summed E-state index contributed by atoms with van der Waals surface area (Å²) in [6, 6.07) is 8.83. The highest BCUT2D eigenvalue weighted by atomic mass is 16.6. The van der Waals surface area contributed by atoms with Crippen LogP contribution in [0.5, 0.6) is 0 Å². The van der Waals surface area contributed by atoms with Gasteiger partial charge in [0.05, 0.1) is 12.1 Å². The summed E-state index contributed by atoms with van der Waals surface area (Å²) in [4.78, 5) is 31.7. The molecule has 2 aromatic rings. The smallest absolute Gasteiger partial charge is 0.407 e. The normalized spacial score (nSPS) is 11.0. The third-order valence-electron chi connectivity index (χ3n) is 3.10. The molecule has 1 heterocycles. The second kappa shape index (κ2) is 7.68. The second-order valence-corrected chi connectivity index (χ2v) is 6.35. The minimum absolute atomic E-state index is 0.0136. The van der Waals surface area contributed by atoms with Crippen molar-refractivity contribution < 1.29 is 14.3 Å². The van der Waals surface area contributed by atoms with Gasteiger partial charge < -0.3 is 10.1 Å². The van der Waals surface area contributed by atoms with Crippen LogP contribution in [0.2, 0.25) is 0 Å². The first-order valence-corrected chi connectivity index (χ1v) is 7.67. The number of alkyl carbamates (subject to hydrolysis) is 1. The number of ketones is 1. The Morgan fingerprint density at radius 2 is 1.83 bits per heavy atom. The van der Waals surface area contributed by atoms with Crippen LogP contribution in [0.3, 0.4) is 0 Å². The fourth-order valence-electron chi connectivity index (χ4n) is 1.99. The van der Waals surface area contributed by atoms with Crippen molar-refractivity contribution in [2.24, 2.45) is 0 Å². The predicted octanol–water partition coefficient (Wildman–Crippen LogP) is 2.93. The number of carbonyl (C=O) groups is 2. The van der Waals surface area contributed by atoms with E-state index in [2.05, 4.69) is 15.3 Å². The van der Waals surface area contributed by atoms with E-state index in [0.717, 1.165) is 5.56 Å². The number of nitrogens with one attached hydrogen (secondary N) is 1. The highest BCUT2D eigenvalue weighted by Crippen LogP contribution is 2.09. The summed E-state index contributed by atoms with van der Waals surface area (Å²) in [5.74, 6) is -0.0136. The van der Waals surface area contributed by atoms with Gasteiger partial charge in [-0.05, 0) is 32.4 Å². The Hall–Kier alpha value is -2.76. The van der Waals surface area contributed by atoms with Crippen LogP contribution < -0.4 is 5.32 Å². The zero-order valence-corrected chi connectivity index (χ0v) is 14.1. The van der Waals surface area contributed by atoms with Crippen LogP contribution in [-0.4, -0.2) is 27.4 Å². The van der Waals surface area contributed by atoms with Crippen LogP contribution >= 0.6 is 0 Å². The summed E-state index contributed by atoms with van der Waals surface area (Å²) in [6.45, 7) is 5.77. The van der Waals surface area contributed by atoms with Gasteiger partial charge in [-0.25, -0.2) is 14.8 Å². The molecule has 126 valence electrons. The summed E-state index contributed by atoms with van der Waals surface area (Å²) in [5.41, 5.74) is 1.65. The van der Waals surface area contributed by atoms with E-state index in [0.29, 0.717) is 17.8 Å². The monoisotopic (exact) mass is 327 g/mol. The maximum absolute atomic E-state index is 12.2. The number of ether oxygens (including phenoxy) is 1. The van der Waals surface area contributed by atoms with E-state index in [-0.39, 0.29) is 12.2 Å². The summed E-state index contributed by atoms with van der Waals surface area (Å²) < 4.78 is 5.17. The molecule has 0 aliphatic carbocycles. The quantitative estimate of drug-likeness (QED) is 0.854. The second-order valence-electron chi connectivity index (χ2n) is 6.35. The SMILES string of the molecule is CC(C)(C)OC(=O)NCc1ccc(C(=O)Cc2ccncn2)cc1. The Labute approximate surface area is 141 Å². The van der Waals surface area contributed by atoms with E-state index in [4.69, 9.17) is 4.74 Å². The summed E-state index contributed by atoms with van der Waals surface area (Å²) >= 11 is 0. The lowest BCUT2D eigenvalue weighted by Gasteiger charge is -2.19. The lowest BCUT2D eigenvalue weighted by atomic mass is 10.0. The molecule has 0 aliphatic rings. The van der Waals surface area contributed by atoms with Crippen LogP contribution in [-0.2, 0) is 17.7 Å². The molecule has 0 radical (unpaired) electrons. The van der Waals surface area contributed by atoms with E-state index < -0.39 is 11.7 Å². The molecule has 0 spiro atoms. The third kappa shape index (κ3) is 5.79. The van der Waals surface area contributed by atoms with Crippen LogP contribution in [0, 0.1) is 0 Å². The molecule has 0 saturated carbocycles. The molecule has 0 saturated heterocycles. The van der Waals surface area contributed by atoms with Crippen molar-refractivity contribution in [1.82, 2.24) is 15.3 Å². The molecule has 1 aromatic carbocycles. The molecule has 6 heteroatoms. The van der Waals surface area contributed by atoms with Gasteiger partial charge >= 0.3 is 6.09 Å². The summed E-state index contributed by atoms with van der Waals surface area (Å²) in [7, 11) is 0. The fourth-order valence-corrected chi connectivity index (χ4v) is 1.99.